The Morgan fingerprint density at radius 3 is 2.00 bits per heavy atom. The molecule has 1 rings (SSSR count). The summed E-state index contributed by atoms with van der Waals surface area (Å²) >= 11 is 0. The molecule has 0 aromatic carbocycles. The first-order valence-corrected chi connectivity index (χ1v) is 2.56. The van der Waals surface area contributed by atoms with Gasteiger partial charge in [0.15, 0.2) is 0 Å². The molecule has 0 aliphatic heterocycles. The van der Waals surface area contributed by atoms with E-state index in [9.17, 15) is 0 Å². The molecule has 0 spiro atoms. The molecule has 2 atom stereocenters. The zero-order valence-electron chi connectivity index (χ0n) is 4.15. The third-order valence-corrected chi connectivity index (χ3v) is 1.69. The Balaban J connectivity index is 2.20. The second kappa shape index (κ2) is 1.26. The molecule has 0 amide bonds. The fourth-order valence-electron chi connectivity index (χ4n) is 0.692. The predicted octanol–water partition coefficient (Wildman–Crippen LogP) is -0.471. The molecule has 0 aromatic heterocycles. The minimum absolute atomic E-state index is 0.532. The lowest BCUT2D eigenvalue weighted by atomic mass is 9.67. The van der Waals surface area contributed by atoms with Crippen LogP contribution in [0.3, 0.4) is 0 Å². The molecule has 2 N–H and O–H groups in total. The van der Waals surface area contributed by atoms with Gasteiger partial charge < -0.3 is 5.73 Å². The predicted molar refractivity (Wildman–Crippen MR) is 29.5 cm³/mol. The Morgan fingerprint density at radius 2 is 2.00 bits per heavy atom. The van der Waals surface area contributed by atoms with Crippen LogP contribution in [0.25, 0.3) is 0 Å². The largest absolute Gasteiger partial charge is 0.328 e. The van der Waals surface area contributed by atoms with Crippen molar-refractivity contribution in [1.29, 1.82) is 0 Å². The van der Waals surface area contributed by atoms with Crippen LogP contribution in [0.1, 0.15) is 12.8 Å². The van der Waals surface area contributed by atoms with Gasteiger partial charge >= 0.3 is 0 Å². The first-order chi connectivity index (χ1) is 2.80. The van der Waals surface area contributed by atoms with Crippen LogP contribution in [0.2, 0.25) is 5.82 Å². The smallest absolute Gasteiger partial charge is 0.107 e. The van der Waals surface area contributed by atoms with Crippen molar-refractivity contribution in [3.63, 3.8) is 0 Å². The zero-order chi connectivity index (χ0) is 4.57. The summed E-state index contributed by atoms with van der Waals surface area (Å²) in [5.41, 5.74) is 5.52. The van der Waals surface area contributed by atoms with Gasteiger partial charge in [0.25, 0.3) is 0 Å². The summed E-state index contributed by atoms with van der Waals surface area (Å²) in [6, 6.07) is 0.532. The lowest BCUT2D eigenvalue weighted by molar-refractivity contribution is 0.418. The number of hydrogen-bond donors (Lipinski definition) is 1. The van der Waals surface area contributed by atoms with E-state index in [1.54, 1.807) is 0 Å². The molecule has 34 valence electrons. The average molecular weight is 82.9 g/mol. The quantitative estimate of drug-likeness (QED) is 0.393. The highest BCUT2D eigenvalue weighted by Crippen LogP contribution is 2.27. The first kappa shape index (κ1) is 4.19. The van der Waals surface area contributed by atoms with E-state index in [0.29, 0.717) is 6.04 Å². The summed E-state index contributed by atoms with van der Waals surface area (Å²) in [5.74, 6) is 0.810. The molecule has 0 saturated heterocycles. The van der Waals surface area contributed by atoms with Crippen LogP contribution in [0, 0.1) is 0 Å². The van der Waals surface area contributed by atoms with Crippen molar-refractivity contribution >= 4 is 7.85 Å². The van der Waals surface area contributed by atoms with Gasteiger partial charge in [-0.3, -0.25) is 0 Å². The van der Waals surface area contributed by atoms with Crippen molar-refractivity contribution in [2.24, 2.45) is 5.73 Å². The van der Waals surface area contributed by atoms with Crippen LogP contribution in [-0.2, 0) is 0 Å². The van der Waals surface area contributed by atoms with Gasteiger partial charge in [0, 0.05) is 0 Å². The van der Waals surface area contributed by atoms with E-state index >= 15 is 0 Å². The van der Waals surface area contributed by atoms with Crippen molar-refractivity contribution in [2.75, 3.05) is 0 Å². The molecule has 1 nitrogen and oxygen atoms in total. The second-order valence-electron chi connectivity index (χ2n) is 2.22. The van der Waals surface area contributed by atoms with Crippen LogP contribution >= 0.6 is 0 Å². The average Bonchev–Trinajstić information content (AvgIpc) is 1.61. The molecule has 1 saturated carbocycles. The van der Waals surface area contributed by atoms with Gasteiger partial charge in [-0.25, -0.2) is 0 Å². The molecule has 0 radical (unpaired) electrons. The van der Waals surface area contributed by atoms with Gasteiger partial charge in [-0.2, -0.15) is 0 Å². The van der Waals surface area contributed by atoms with Crippen molar-refractivity contribution in [2.45, 2.75) is 24.7 Å². The maximum absolute atomic E-state index is 5.52. The Labute approximate surface area is 39.3 Å². The third-order valence-electron chi connectivity index (χ3n) is 1.69. The normalized spacial score (nSPS) is 44.8. The Kier molecular flexibility index (Phi) is 0.883. The maximum atomic E-state index is 5.52. The minimum atomic E-state index is 0.532. The standard InChI is InChI=1S/C4H10BN/c5-3-1-2-4(3)6/h3-4H,1-2,5-6H2/t3-,4+/m1/s1. The van der Waals surface area contributed by atoms with Crippen molar-refractivity contribution in [3.05, 3.63) is 0 Å². The summed E-state index contributed by atoms with van der Waals surface area (Å²) in [4.78, 5) is 0. The molecule has 6 heavy (non-hydrogen) atoms. The van der Waals surface area contributed by atoms with E-state index in [2.05, 4.69) is 7.85 Å². The van der Waals surface area contributed by atoms with Crippen LogP contribution < -0.4 is 5.73 Å². The fraction of sp³-hybridized carbons (Fsp3) is 1.00. The van der Waals surface area contributed by atoms with Crippen molar-refractivity contribution < 1.29 is 0 Å². The Morgan fingerprint density at radius 1 is 1.50 bits per heavy atom. The second-order valence-corrected chi connectivity index (χ2v) is 2.22. The highest BCUT2D eigenvalue weighted by Gasteiger charge is 2.21. The van der Waals surface area contributed by atoms with E-state index in [4.69, 9.17) is 5.73 Å². The van der Waals surface area contributed by atoms with Crippen molar-refractivity contribution in [1.82, 2.24) is 0 Å². The maximum Gasteiger partial charge on any atom is 0.107 e. The lowest BCUT2D eigenvalue weighted by Gasteiger charge is -2.29. The van der Waals surface area contributed by atoms with Crippen LogP contribution in [0.5, 0.6) is 0 Å². The van der Waals surface area contributed by atoms with Gasteiger partial charge in [0.05, 0.1) is 0 Å². The molecule has 0 bridgehead atoms. The fourth-order valence-corrected chi connectivity index (χ4v) is 0.692. The van der Waals surface area contributed by atoms with Gasteiger partial charge in [0.2, 0.25) is 0 Å². The lowest BCUT2D eigenvalue weighted by Crippen LogP contribution is -2.34. The van der Waals surface area contributed by atoms with Crippen LogP contribution in [-0.4, -0.2) is 13.9 Å². The van der Waals surface area contributed by atoms with E-state index in [0.717, 1.165) is 5.82 Å². The molecule has 1 fully saturated rings. The molecule has 0 heterocycles. The summed E-state index contributed by atoms with van der Waals surface area (Å²) < 4.78 is 0. The molecular formula is C4H10BN. The molecule has 2 heteroatoms. The number of hydrogen-bond acceptors (Lipinski definition) is 1. The van der Waals surface area contributed by atoms with Crippen molar-refractivity contribution in [3.8, 4) is 0 Å². The Bertz CT molecular complexity index is 47.5. The molecule has 0 unspecified atom stereocenters. The summed E-state index contributed by atoms with van der Waals surface area (Å²) in [6.45, 7) is 0. The number of rotatable bonds is 0. The van der Waals surface area contributed by atoms with Crippen LogP contribution in [0.4, 0.5) is 0 Å². The highest BCUT2D eigenvalue weighted by atomic mass is 14.7. The van der Waals surface area contributed by atoms with E-state index in [1.165, 1.54) is 12.8 Å². The van der Waals surface area contributed by atoms with E-state index in [-0.39, 0.29) is 0 Å². The molecular weight excluding hydrogens is 72.9 g/mol. The Hall–Kier alpha value is 0.0249. The number of nitrogens with two attached hydrogens (primary N) is 1. The summed E-state index contributed by atoms with van der Waals surface area (Å²) in [6.07, 6.45) is 2.60. The first-order valence-electron chi connectivity index (χ1n) is 2.56. The monoisotopic (exact) mass is 83.1 g/mol. The van der Waals surface area contributed by atoms with E-state index < -0.39 is 0 Å². The topological polar surface area (TPSA) is 26.0 Å². The van der Waals surface area contributed by atoms with Gasteiger partial charge in [-0.1, -0.05) is 12.2 Å². The van der Waals surface area contributed by atoms with E-state index in [1.807, 2.05) is 0 Å². The van der Waals surface area contributed by atoms with Gasteiger partial charge in [-0.15, -0.1) is 0 Å². The molecule has 1 aliphatic rings. The van der Waals surface area contributed by atoms with Crippen LogP contribution in [0.15, 0.2) is 0 Å². The summed E-state index contributed by atoms with van der Waals surface area (Å²) in [7, 11) is 2.20. The molecule has 1 aliphatic carbocycles. The highest BCUT2D eigenvalue weighted by molar-refractivity contribution is 6.12. The molecule has 0 aromatic rings. The van der Waals surface area contributed by atoms with Gasteiger partial charge in [-0.05, 0) is 12.5 Å². The summed E-state index contributed by atoms with van der Waals surface area (Å²) in [5, 5.41) is 0. The SMILES string of the molecule is B[C@@H]1CC[C@@H]1N. The minimum Gasteiger partial charge on any atom is -0.328 e. The zero-order valence-corrected chi connectivity index (χ0v) is 4.15. The third kappa shape index (κ3) is 0.452. The van der Waals surface area contributed by atoms with Gasteiger partial charge in [0.1, 0.15) is 7.85 Å².